The van der Waals surface area contributed by atoms with Crippen LogP contribution in [0.1, 0.15) is 21.5 Å². The Hall–Kier alpha value is -1.03. The first kappa shape index (κ1) is 11.5. The number of carbonyl (C=O) groups is 1. The van der Waals surface area contributed by atoms with Gasteiger partial charge in [0.05, 0.1) is 5.02 Å². The molecule has 0 fully saturated rings. The zero-order valence-corrected chi connectivity index (χ0v) is 9.12. The zero-order chi connectivity index (χ0) is 12.1. The maximum absolute atomic E-state index is 12.6. The molecule has 16 heavy (non-hydrogen) atoms. The molecule has 0 amide bonds. The topological polar surface area (TPSA) is 17.1 Å². The highest BCUT2D eigenvalue weighted by molar-refractivity contribution is 6.34. The van der Waals surface area contributed by atoms with Crippen molar-refractivity contribution in [2.24, 2.45) is 5.92 Å². The van der Waals surface area contributed by atoms with Gasteiger partial charge in [0.2, 0.25) is 0 Å². The summed E-state index contributed by atoms with van der Waals surface area (Å²) in [6, 6.07) is 3.10. The fourth-order valence-corrected chi connectivity index (χ4v) is 2.26. The second kappa shape index (κ2) is 3.48. The number of ketones is 1. The number of benzene rings is 1. The predicted octanol–water partition coefficient (Wildman–Crippen LogP) is 3.57. The minimum atomic E-state index is -4.49. The summed E-state index contributed by atoms with van der Waals surface area (Å²) in [5.74, 6) is -2.84. The maximum Gasteiger partial charge on any atom is 0.399 e. The van der Waals surface area contributed by atoms with Gasteiger partial charge in [-0.05, 0) is 30.5 Å². The number of rotatable bonds is 0. The first-order valence-corrected chi connectivity index (χ1v) is 5.09. The summed E-state index contributed by atoms with van der Waals surface area (Å²) in [5, 5.41) is 0.109. The monoisotopic (exact) mass is 248 g/mol. The van der Waals surface area contributed by atoms with Gasteiger partial charge in [-0.1, -0.05) is 17.7 Å². The van der Waals surface area contributed by atoms with Crippen molar-refractivity contribution >= 4 is 17.4 Å². The Balaban J connectivity index is 2.54. The molecule has 1 unspecified atom stereocenters. The number of hydrogen-bond donors (Lipinski definition) is 0. The summed E-state index contributed by atoms with van der Waals surface area (Å²) in [5.41, 5.74) is 1.16. The van der Waals surface area contributed by atoms with E-state index in [0.717, 1.165) is 0 Å². The third kappa shape index (κ3) is 1.61. The molecule has 1 atom stereocenters. The highest BCUT2D eigenvalue weighted by atomic mass is 35.5. The van der Waals surface area contributed by atoms with Gasteiger partial charge >= 0.3 is 6.18 Å². The van der Waals surface area contributed by atoms with Gasteiger partial charge in [0.15, 0.2) is 5.78 Å². The number of carbonyl (C=O) groups excluding carboxylic acids is 1. The maximum atomic E-state index is 12.6. The van der Waals surface area contributed by atoms with Crippen LogP contribution in [0.2, 0.25) is 5.02 Å². The van der Waals surface area contributed by atoms with Gasteiger partial charge in [-0.2, -0.15) is 13.2 Å². The molecule has 0 saturated heterocycles. The molecule has 86 valence electrons. The molecule has 1 aliphatic rings. The van der Waals surface area contributed by atoms with Gasteiger partial charge in [0.25, 0.3) is 0 Å². The smallest absolute Gasteiger partial charge is 0.293 e. The molecule has 0 N–H and O–H groups in total. The molecule has 1 nitrogen and oxygen atoms in total. The van der Waals surface area contributed by atoms with E-state index in [-0.39, 0.29) is 17.0 Å². The quantitative estimate of drug-likeness (QED) is 0.686. The van der Waals surface area contributed by atoms with Crippen molar-refractivity contribution in [3.05, 3.63) is 33.8 Å². The van der Waals surface area contributed by atoms with Crippen molar-refractivity contribution in [1.29, 1.82) is 0 Å². The molecule has 1 aliphatic carbocycles. The van der Waals surface area contributed by atoms with E-state index in [9.17, 15) is 18.0 Å². The molecule has 0 aromatic heterocycles. The minimum Gasteiger partial charge on any atom is -0.293 e. The second-order valence-corrected chi connectivity index (χ2v) is 4.29. The average Bonchev–Trinajstić information content (AvgIpc) is 2.51. The largest absolute Gasteiger partial charge is 0.399 e. The van der Waals surface area contributed by atoms with Gasteiger partial charge in [-0.25, -0.2) is 0 Å². The molecule has 1 aromatic rings. The lowest BCUT2D eigenvalue weighted by molar-refractivity contribution is -0.158. The van der Waals surface area contributed by atoms with Gasteiger partial charge < -0.3 is 0 Å². The highest BCUT2D eigenvalue weighted by Crippen LogP contribution is 2.41. The Morgan fingerprint density at radius 3 is 2.50 bits per heavy atom. The lowest BCUT2D eigenvalue weighted by Crippen LogP contribution is -2.28. The third-order valence-electron chi connectivity index (χ3n) is 2.86. The van der Waals surface area contributed by atoms with E-state index in [2.05, 4.69) is 0 Å². The van der Waals surface area contributed by atoms with Crippen molar-refractivity contribution in [2.45, 2.75) is 19.5 Å². The average molecular weight is 249 g/mol. The van der Waals surface area contributed by atoms with E-state index >= 15 is 0 Å². The fraction of sp³-hybridized carbons (Fsp3) is 0.364. The Morgan fingerprint density at radius 1 is 1.38 bits per heavy atom. The molecular weight excluding hydrogens is 241 g/mol. The molecule has 0 saturated carbocycles. The summed E-state index contributed by atoms with van der Waals surface area (Å²) in [7, 11) is 0. The molecule has 0 spiro atoms. The summed E-state index contributed by atoms with van der Waals surface area (Å²) < 4.78 is 37.7. The summed E-state index contributed by atoms with van der Waals surface area (Å²) in [6.45, 7) is 1.68. The van der Waals surface area contributed by atoms with Crippen LogP contribution in [0.25, 0.3) is 0 Å². The fourth-order valence-electron chi connectivity index (χ4n) is 1.99. The number of alkyl halides is 3. The Bertz CT molecular complexity index is 465. The van der Waals surface area contributed by atoms with Crippen LogP contribution in [0.4, 0.5) is 13.2 Å². The van der Waals surface area contributed by atoms with Crippen LogP contribution in [-0.4, -0.2) is 12.0 Å². The number of aryl methyl sites for hydroxylation is 1. The lowest BCUT2D eigenvalue weighted by atomic mass is 10.0. The normalized spacial score (nSPS) is 20.1. The van der Waals surface area contributed by atoms with Crippen molar-refractivity contribution in [3.63, 3.8) is 0 Å². The van der Waals surface area contributed by atoms with E-state index < -0.39 is 17.9 Å². The van der Waals surface area contributed by atoms with Crippen molar-refractivity contribution in [2.75, 3.05) is 0 Å². The SMILES string of the molecule is Cc1ccc(Cl)c2c1CC(C(F)(F)F)C2=O. The van der Waals surface area contributed by atoms with Crippen LogP contribution in [0, 0.1) is 12.8 Å². The number of halogens is 4. The van der Waals surface area contributed by atoms with Crippen LogP contribution in [0.5, 0.6) is 0 Å². The van der Waals surface area contributed by atoms with Crippen molar-refractivity contribution in [1.82, 2.24) is 0 Å². The molecule has 0 bridgehead atoms. The van der Waals surface area contributed by atoms with Gasteiger partial charge in [-0.3, -0.25) is 4.79 Å². The van der Waals surface area contributed by atoms with Gasteiger partial charge in [-0.15, -0.1) is 0 Å². The van der Waals surface area contributed by atoms with Crippen LogP contribution in [0.15, 0.2) is 12.1 Å². The van der Waals surface area contributed by atoms with E-state index in [4.69, 9.17) is 11.6 Å². The van der Waals surface area contributed by atoms with Gasteiger partial charge in [0.1, 0.15) is 5.92 Å². The second-order valence-electron chi connectivity index (χ2n) is 3.88. The molecular formula is C11H8ClF3O. The summed E-state index contributed by atoms with van der Waals surface area (Å²) >= 11 is 5.76. The highest BCUT2D eigenvalue weighted by Gasteiger charge is 2.50. The van der Waals surface area contributed by atoms with Crippen molar-refractivity contribution in [3.8, 4) is 0 Å². The van der Waals surface area contributed by atoms with Crippen LogP contribution in [-0.2, 0) is 6.42 Å². The molecule has 5 heteroatoms. The lowest BCUT2D eigenvalue weighted by Gasteiger charge is -2.11. The first-order valence-electron chi connectivity index (χ1n) is 4.71. The van der Waals surface area contributed by atoms with Crippen LogP contribution < -0.4 is 0 Å². The Kier molecular flexibility index (Phi) is 2.49. The molecule has 0 heterocycles. The summed E-state index contributed by atoms with van der Waals surface area (Å²) in [4.78, 5) is 11.6. The Morgan fingerprint density at radius 2 is 2.00 bits per heavy atom. The molecule has 0 radical (unpaired) electrons. The van der Waals surface area contributed by atoms with Crippen molar-refractivity contribution < 1.29 is 18.0 Å². The van der Waals surface area contributed by atoms with E-state index in [0.29, 0.717) is 11.1 Å². The van der Waals surface area contributed by atoms with E-state index in [1.807, 2.05) is 0 Å². The Labute approximate surface area is 95.2 Å². The van der Waals surface area contributed by atoms with Crippen LogP contribution in [0.3, 0.4) is 0 Å². The third-order valence-corrected chi connectivity index (χ3v) is 3.18. The van der Waals surface area contributed by atoms with Crippen LogP contribution >= 0.6 is 11.6 Å². The van der Waals surface area contributed by atoms with E-state index in [1.165, 1.54) is 6.07 Å². The number of fused-ring (bicyclic) bond motifs is 1. The molecule has 1 aromatic carbocycles. The standard InChI is InChI=1S/C11H8ClF3O/c1-5-2-3-8(12)9-6(5)4-7(10(9)16)11(13,14)15/h2-3,7H,4H2,1H3. The molecule has 0 aliphatic heterocycles. The number of Topliss-reactive ketones (excluding diaryl/α,β-unsaturated/α-hetero) is 1. The minimum absolute atomic E-state index is 0.0454. The predicted molar refractivity (Wildman–Crippen MR) is 53.8 cm³/mol. The number of hydrogen-bond acceptors (Lipinski definition) is 1. The van der Waals surface area contributed by atoms with E-state index in [1.54, 1.807) is 13.0 Å². The summed E-state index contributed by atoms with van der Waals surface area (Å²) in [6.07, 6.45) is -4.78. The van der Waals surface area contributed by atoms with Gasteiger partial charge in [0, 0.05) is 5.56 Å². The zero-order valence-electron chi connectivity index (χ0n) is 8.36. The first-order chi connectivity index (χ1) is 7.32. The molecule has 2 rings (SSSR count).